The molecule has 0 aromatic heterocycles. The molecule has 3 aromatic carbocycles. The van der Waals surface area contributed by atoms with Crippen LogP contribution in [0.15, 0.2) is 72.8 Å². The van der Waals surface area contributed by atoms with Gasteiger partial charge in [0.2, 0.25) is 0 Å². The van der Waals surface area contributed by atoms with Crippen molar-refractivity contribution in [2.45, 2.75) is 85.2 Å². The maximum atomic E-state index is 7.04. The molecule has 0 aliphatic carbocycles. The molecule has 0 bridgehead atoms. The van der Waals surface area contributed by atoms with E-state index in [1.807, 2.05) is 0 Å². The molecule has 3 atom stereocenters. The quantitative estimate of drug-likeness (QED) is 0.321. The monoisotopic (exact) mass is 442 g/mol. The van der Waals surface area contributed by atoms with Crippen molar-refractivity contribution in [3.63, 3.8) is 0 Å². The second kappa shape index (κ2) is 10.6. The molecule has 3 aromatic rings. The molecule has 1 heteroatoms. The number of benzene rings is 3. The fourth-order valence-electron chi connectivity index (χ4n) is 4.49. The maximum Gasteiger partial charge on any atom is 0.127 e. The first-order chi connectivity index (χ1) is 15.7. The Balaban J connectivity index is 2.26. The van der Waals surface area contributed by atoms with Gasteiger partial charge in [0.25, 0.3) is 0 Å². The van der Waals surface area contributed by atoms with Crippen molar-refractivity contribution in [2.75, 3.05) is 0 Å². The van der Waals surface area contributed by atoms with Crippen LogP contribution in [0.5, 0.6) is 5.75 Å². The molecule has 0 radical (unpaired) electrons. The number of hydrogen-bond acceptors (Lipinski definition) is 1. The van der Waals surface area contributed by atoms with Crippen molar-refractivity contribution >= 4 is 0 Å². The van der Waals surface area contributed by atoms with Crippen molar-refractivity contribution in [3.8, 4) is 5.75 Å². The van der Waals surface area contributed by atoms with E-state index in [2.05, 4.69) is 128 Å². The highest BCUT2D eigenvalue weighted by Crippen LogP contribution is 2.44. The normalized spacial score (nSPS) is 14.7. The van der Waals surface area contributed by atoms with E-state index in [1.54, 1.807) is 0 Å². The third kappa shape index (κ3) is 5.69. The van der Waals surface area contributed by atoms with Crippen LogP contribution in [0.4, 0.5) is 0 Å². The van der Waals surface area contributed by atoms with Crippen LogP contribution in [0, 0.1) is 5.92 Å². The Morgan fingerprint density at radius 3 is 1.45 bits per heavy atom. The summed E-state index contributed by atoms with van der Waals surface area (Å²) in [6, 6.07) is 26.4. The number of hydrogen-bond donors (Lipinski definition) is 0. The van der Waals surface area contributed by atoms with Crippen LogP contribution in [0.25, 0.3) is 0 Å². The summed E-state index contributed by atoms with van der Waals surface area (Å²) in [5.41, 5.74) is 6.35. The molecule has 0 fully saturated rings. The SMILES string of the molecule is CCC(C)C(C)(C)Oc1c(C(C)c2ccccc2)cc(C(C)C)cc1C(C)c1ccccc1. The van der Waals surface area contributed by atoms with E-state index in [4.69, 9.17) is 4.74 Å². The predicted molar refractivity (Wildman–Crippen MR) is 143 cm³/mol. The van der Waals surface area contributed by atoms with Crippen molar-refractivity contribution in [1.29, 1.82) is 0 Å². The molecule has 0 spiro atoms. The largest absolute Gasteiger partial charge is 0.487 e. The zero-order valence-electron chi connectivity index (χ0n) is 21.9. The Morgan fingerprint density at radius 1 is 0.667 bits per heavy atom. The molecule has 0 heterocycles. The summed E-state index contributed by atoms with van der Waals surface area (Å²) >= 11 is 0. The summed E-state index contributed by atoms with van der Waals surface area (Å²) in [5.74, 6) is 2.45. The summed E-state index contributed by atoms with van der Waals surface area (Å²) in [6.07, 6.45) is 1.09. The first-order valence-electron chi connectivity index (χ1n) is 12.6. The van der Waals surface area contributed by atoms with Gasteiger partial charge < -0.3 is 4.74 Å². The number of ether oxygens (including phenoxy) is 1. The molecule has 3 rings (SSSR count). The first-order valence-corrected chi connectivity index (χ1v) is 12.6. The van der Waals surface area contributed by atoms with Crippen molar-refractivity contribution in [1.82, 2.24) is 0 Å². The van der Waals surface area contributed by atoms with E-state index < -0.39 is 0 Å². The van der Waals surface area contributed by atoms with Gasteiger partial charge in [-0.1, -0.05) is 114 Å². The highest BCUT2D eigenvalue weighted by atomic mass is 16.5. The van der Waals surface area contributed by atoms with Crippen LogP contribution < -0.4 is 4.74 Å². The Morgan fingerprint density at radius 2 is 1.09 bits per heavy atom. The first kappa shape index (κ1) is 25.1. The fourth-order valence-corrected chi connectivity index (χ4v) is 4.49. The van der Waals surface area contributed by atoms with Gasteiger partial charge in [0.1, 0.15) is 11.4 Å². The summed E-state index contributed by atoms with van der Waals surface area (Å²) in [4.78, 5) is 0. The average Bonchev–Trinajstić information content (AvgIpc) is 2.83. The zero-order valence-corrected chi connectivity index (χ0v) is 21.9. The van der Waals surface area contributed by atoms with Gasteiger partial charge in [-0.2, -0.15) is 0 Å². The van der Waals surface area contributed by atoms with Gasteiger partial charge in [0.05, 0.1) is 0 Å². The van der Waals surface area contributed by atoms with Crippen LogP contribution in [0.1, 0.15) is 107 Å². The van der Waals surface area contributed by atoms with Gasteiger partial charge in [-0.3, -0.25) is 0 Å². The minimum absolute atomic E-state index is 0.245. The van der Waals surface area contributed by atoms with E-state index in [1.165, 1.54) is 27.8 Å². The van der Waals surface area contributed by atoms with Gasteiger partial charge >= 0.3 is 0 Å². The van der Waals surface area contributed by atoms with E-state index in [0.717, 1.165) is 12.2 Å². The Kier molecular flexibility index (Phi) is 8.05. The molecule has 176 valence electrons. The third-order valence-electron chi connectivity index (χ3n) is 7.53. The molecule has 0 aliphatic rings. The lowest BCUT2D eigenvalue weighted by Gasteiger charge is -2.36. The van der Waals surface area contributed by atoms with Gasteiger partial charge in [0, 0.05) is 23.0 Å². The molecular formula is C32H42O. The lowest BCUT2D eigenvalue weighted by molar-refractivity contribution is 0.0477. The zero-order chi connectivity index (χ0) is 24.2. The van der Waals surface area contributed by atoms with E-state index in [0.29, 0.717) is 11.8 Å². The van der Waals surface area contributed by atoms with Crippen LogP contribution >= 0.6 is 0 Å². The smallest absolute Gasteiger partial charge is 0.127 e. The minimum Gasteiger partial charge on any atom is -0.487 e. The summed E-state index contributed by atoms with van der Waals surface area (Å²) in [7, 11) is 0. The molecule has 0 saturated carbocycles. The molecular weight excluding hydrogens is 400 g/mol. The van der Waals surface area contributed by atoms with E-state index in [-0.39, 0.29) is 17.4 Å². The average molecular weight is 443 g/mol. The highest BCUT2D eigenvalue weighted by Gasteiger charge is 2.31. The molecule has 0 amide bonds. The van der Waals surface area contributed by atoms with Crippen molar-refractivity contribution < 1.29 is 4.74 Å². The van der Waals surface area contributed by atoms with Gasteiger partial charge in [-0.25, -0.2) is 0 Å². The van der Waals surface area contributed by atoms with Gasteiger partial charge in [-0.05, 0) is 48.8 Å². The molecule has 1 nitrogen and oxygen atoms in total. The molecule has 33 heavy (non-hydrogen) atoms. The van der Waals surface area contributed by atoms with Gasteiger partial charge in [0.15, 0.2) is 0 Å². The van der Waals surface area contributed by atoms with E-state index in [9.17, 15) is 0 Å². The Labute approximate surface area is 202 Å². The Hall–Kier alpha value is -2.54. The second-order valence-electron chi connectivity index (χ2n) is 10.5. The summed E-state index contributed by atoms with van der Waals surface area (Å²) < 4.78 is 7.04. The molecule has 0 aliphatic heterocycles. The minimum atomic E-state index is -0.260. The van der Waals surface area contributed by atoms with Crippen LogP contribution in [-0.2, 0) is 0 Å². The molecule has 0 N–H and O–H groups in total. The number of rotatable bonds is 9. The van der Waals surface area contributed by atoms with Crippen molar-refractivity contribution in [2.24, 2.45) is 5.92 Å². The maximum absolute atomic E-state index is 7.04. The fraction of sp³-hybridized carbons (Fsp3) is 0.438. The van der Waals surface area contributed by atoms with Crippen LogP contribution in [0.2, 0.25) is 0 Å². The standard InChI is InChI=1S/C32H42O/c1-9-23(4)32(7,8)33-31-29(24(5)26-16-12-10-13-17-26)20-28(22(2)3)21-30(31)25(6)27-18-14-11-15-19-27/h10-25H,9H2,1-8H3. The summed E-state index contributed by atoms with van der Waals surface area (Å²) in [5, 5.41) is 0. The predicted octanol–water partition coefficient (Wildman–Crippen LogP) is 9.32. The van der Waals surface area contributed by atoms with Crippen molar-refractivity contribution in [3.05, 3.63) is 101 Å². The molecule has 0 saturated heterocycles. The Bertz CT molecular complexity index is 950. The van der Waals surface area contributed by atoms with Gasteiger partial charge in [-0.15, -0.1) is 0 Å². The van der Waals surface area contributed by atoms with Crippen LogP contribution in [-0.4, -0.2) is 5.60 Å². The second-order valence-corrected chi connectivity index (χ2v) is 10.5. The van der Waals surface area contributed by atoms with Crippen LogP contribution in [0.3, 0.4) is 0 Å². The molecule has 3 unspecified atom stereocenters. The summed E-state index contributed by atoms with van der Waals surface area (Å²) in [6.45, 7) is 18.2. The lowest BCUT2D eigenvalue weighted by atomic mass is 9.82. The third-order valence-corrected chi connectivity index (χ3v) is 7.53. The topological polar surface area (TPSA) is 9.23 Å². The van der Waals surface area contributed by atoms with E-state index >= 15 is 0 Å². The highest BCUT2D eigenvalue weighted by molar-refractivity contribution is 5.53. The lowest BCUT2D eigenvalue weighted by Crippen LogP contribution is -2.36.